The number of rotatable bonds is 5. The minimum Gasteiger partial charge on any atom is -0.466 e. The topological polar surface area (TPSA) is 35.5 Å². The molecule has 2 rings (SSSR count). The molecule has 0 aromatic heterocycles. The summed E-state index contributed by atoms with van der Waals surface area (Å²) in [5.74, 6) is -0.0952. The van der Waals surface area contributed by atoms with Crippen molar-refractivity contribution in [2.75, 3.05) is 6.61 Å². The predicted molar refractivity (Wildman–Crippen MR) is 89.9 cm³/mol. The molecule has 1 fully saturated rings. The van der Waals surface area contributed by atoms with E-state index in [1.807, 2.05) is 31.2 Å². The van der Waals surface area contributed by atoms with Crippen LogP contribution in [0.25, 0.3) is 0 Å². The lowest BCUT2D eigenvalue weighted by molar-refractivity contribution is -0.148. The zero-order chi connectivity index (χ0) is 14.5. The van der Waals surface area contributed by atoms with Gasteiger partial charge in [-0.3, -0.25) is 4.79 Å². The molecule has 3 nitrogen and oxygen atoms in total. The average molecular weight is 453 g/mol. The van der Waals surface area contributed by atoms with Gasteiger partial charge in [-0.2, -0.15) is 0 Å². The maximum Gasteiger partial charge on any atom is 0.309 e. The van der Waals surface area contributed by atoms with E-state index in [1.54, 1.807) is 0 Å². The molecule has 1 aliphatic rings. The van der Waals surface area contributed by atoms with Crippen LogP contribution in [-0.2, 0) is 20.9 Å². The molecule has 0 heterocycles. The van der Waals surface area contributed by atoms with Crippen LogP contribution in [0.5, 0.6) is 0 Å². The van der Waals surface area contributed by atoms with Gasteiger partial charge in [0.25, 0.3) is 0 Å². The average Bonchev–Trinajstić information content (AvgIpc) is 2.80. The van der Waals surface area contributed by atoms with Crippen LogP contribution in [0.3, 0.4) is 0 Å². The third-order valence-electron chi connectivity index (χ3n) is 3.46. The number of carbonyl (C=O) groups is 1. The summed E-state index contributed by atoms with van der Waals surface area (Å²) >= 11 is 5.90. The molecule has 3 atom stereocenters. The highest BCUT2D eigenvalue weighted by Crippen LogP contribution is 2.35. The molecule has 1 aromatic carbocycles. The van der Waals surface area contributed by atoms with Gasteiger partial charge in [-0.25, -0.2) is 0 Å². The molecule has 5 heteroatoms. The lowest BCUT2D eigenvalue weighted by Gasteiger charge is -2.16. The van der Waals surface area contributed by atoms with E-state index in [0.29, 0.717) is 17.1 Å². The Bertz CT molecular complexity index is 466. The van der Waals surface area contributed by atoms with E-state index < -0.39 is 0 Å². The van der Waals surface area contributed by atoms with Gasteiger partial charge in [0, 0.05) is 8.40 Å². The van der Waals surface area contributed by atoms with Gasteiger partial charge in [0.05, 0.1) is 25.2 Å². The second-order valence-electron chi connectivity index (χ2n) is 4.88. The Labute approximate surface area is 141 Å². The molecule has 0 N–H and O–H groups in total. The zero-order valence-corrected chi connectivity index (χ0v) is 15.1. The van der Waals surface area contributed by atoms with E-state index in [-0.39, 0.29) is 18.0 Å². The summed E-state index contributed by atoms with van der Waals surface area (Å²) in [7, 11) is 0. The Morgan fingerprint density at radius 3 is 2.85 bits per heavy atom. The fourth-order valence-electron chi connectivity index (χ4n) is 2.39. The van der Waals surface area contributed by atoms with Crippen molar-refractivity contribution >= 4 is 44.5 Å². The first kappa shape index (κ1) is 16.2. The fraction of sp³-hybridized carbons (Fsp3) is 0.533. The van der Waals surface area contributed by atoms with Crippen LogP contribution in [0.2, 0.25) is 0 Å². The summed E-state index contributed by atoms with van der Waals surface area (Å²) in [5.41, 5.74) is 1.13. The molecular formula is C15H18BrIO3. The number of esters is 1. The summed E-state index contributed by atoms with van der Waals surface area (Å²) in [6.45, 7) is 2.86. The SMILES string of the molecule is CCOC(=O)C1CC(I)C(OCc2ccccc2Br)C1. The molecular weight excluding hydrogens is 435 g/mol. The van der Waals surface area contributed by atoms with Crippen molar-refractivity contribution in [3.05, 3.63) is 34.3 Å². The number of benzene rings is 1. The Morgan fingerprint density at radius 1 is 1.40 bits per heavy atom. The number of hydrogen-bond donors (Lipinski definition) is 0. The van der Waals surface area contributed by atoms with Crippen LogP contribution >= 0.6 is 38.5 Å². The van der Waals surface area contributed by atoms with Crippen LogP contribution in [0, 0.1) is 5.92 Å². The summed E-state index contributed by atoms with van der Waals surface area (Å²) in [4.78, 5) is 11.8. The molecule has 1 aliphatic carbocycles. The highest BCUT2D eigenvalue weighted by Gasteiger charge is 2.37. The Kier molecular flexibility index (Phi) is 6.29. The van der Waals surface area contributed by atoms with Gasteiger partial charge in [0.15, 0.2) is 0 Å². The monoisotopic (exact) mass is 452 g/mol. The van der Waals surface area contributed by atoms with Crippen molar-refractivity contribution in [2.24, 2.45) is 5.92 Å². The molecule has 1 aromatic rings. The highest BCUT2D eigenvalue weighted by molar-refractivity contribution is 14.1. The molecule has 0 radical (unpaired) electrons. The van der Waals surface area contributed by atoms with E-state index >= 15 is 0 Å². The molecule has 20 heavy (non-hydrogen) atoms. The summed E-state index contributed by atoms with van der Waals surface area (Å²) in [6, 6.07) is 8.04. The van der Waals surface area contributed by atoms with Crippen LogP contribution in [-0.4, -0.2) is 22.6 Å². The highest BCUT2D eigenvalue weighted by atomic mass is 127. The lowest BCUT2D eigenvalue weighted by atomic mass is 10.1. The first-order valence-corrected chi connectivity index (χ1v) is 8.81. The van der Waals surface area contributed by atoms with E-state index in [2.05, 4.69) is 38.5 Å². The summed E-state index contributed by atoms with van der Waals surface area (Å²) < 4.78 is 12.5. The van der Waals surface area contributed by atoms with Crippen molar-refractivity contribution in [3.63, 3.8) is 0 Å². The largest absolute Gasteiger partial charge is 0.466 e. The number of carbonyl (C=O) groups excluding carboxylic acids is 1. The lowest BCUT2D eigenvalue weighted by Crippen LogP contribution is -2.18. The van der Waals surface area contributed by atoms with Crippen molar-refractivity contribution < 1.29 is 14.3 Å². The van der Waals surface area contributed by atoms with Crippen molar-refractivity contribution in [1.82, 2.24) is 0 Å². The second-order valence-corrected chi connectivity index (χ2v) is 7.33. The molecule has 0 amide bonds. The van der Waals surface area contributed by atoms with Crippen molar-refractivity contribution in [1.29, 1.82) is 0 Å². The zero-order valence-electron chi connectivity index (χ0n) is 11.4. The standard InChI is InChI=1S/C15H18BrIO3/c1-2-19-15(18)11-7-13(17)14(8-11)20-9-10-5-3-4-6-12(10)16/h3-6,11,13-14H,2,7-9H2,1H3. The number of halogens is 2. The molecule has 1 saturated carbocycles. The smallest absolute Gasteiger partial charge is 0.309 e. The maximum absolute atomic E-state index is 11.8. The van der Waals surface area contributed by atoms with Gasteiger partial charge in [-0.1, -0.05) is 56.7 Å². The van der Waals surface area contributed by atoms with E-state index in [1.165, 1.54) is 0 Å². The van der Waals surface area contributed by atoms with E-state index in [0.717, 1.165) is 22.9 Å². The van der Waals surface area contributed by atoms with Crippen LogP contribution in [0.1, 0.15) is 25.3 Å². The summed E-state index contributed by atoms with van der Waals surface area (Å²) in [5, 5.41) is 0. The van der Waals surface area contributed by atoms with E-state index in [4.69, 9.17) is 9.47 Å². The van der Waals surface area contributed by atoms with Gasteiger partial charge in [-0.05, 0) is 31.4 Å². The molecule has 0 bridgehead atoms. The third-order valence-corrected chi connectivity index (χ3v) is 5.54. The first-order valence-electron chi connectivity index (χ1n) is 6.77. The van der Waals surface area contributed by atoms with E-state index in [9.17, 15) is 4.79 Å². The quantitative estimate of drug-likeness (QED) is 0.383. The minimum atomic E-state index is -0.0823. The molecule has 110 valence electrons. The number of ether oxygens (including phenoxy) is 2. The normalized spacial score (nSPS) is 25.6. The van der Waals surface area contributed by atoms with Crippen LogP contribution < -0.4 is 0 Å². The molecule has 0 saturated heterocycles. The summed E-state index contributed by atoms with van der Waals surface area (Å²) in [6.07, 6.45) is 1.73. The molecule has 3 unspecified atom stereocenters. The Morgan fingerprint density at radius 2 is 2.15 bits per heavy atom. The minimum absolute atomic E-state index is 0.0129. The molecule has 0 aliphatic heterocycles. The fourth-order valence-corrected chi connectivity index (χ4v) is 3.90. The van der Waals surface area contributed by atoms with Gasteiger partial charge in [0.1, 0.15) is 0 Å². The number of alkyl halides is 1. The van der Waals surface area contributed by atoms with Crippen molar-refractivity contribution in [3.8, 4) is 0 Å². The van der Waals surface area contributed by atoms with Gasteiger partial charge in [0.2, 0.25) is 0 Å². The third kappa shape index (κ3) is 4.18. The van der Waals surface area contributed by atoms with Gasteiger partial charge < -0.3 is 9.47 Å². The Hall–Kier alpha value is -0.140. The van der Waals surface area contributed by atoms with Crippen LogP contribution in [0.15, 0.2) is 28.7 Å². The van der Waals surface area contributed by atoms with Crippen LogP contribution in [0.4, 0.5) is 0 Å². The first-order chi connectivity index (χ1) is 9.61. The maximum atomic E-state index is 11.8. The van der Waals surface area contributed by atoms with Gasteiger partial charge in [-0.15, -0.1) is 0 Å². The number of hydrogen-bond acceptors (Lipinski definition) is 3. The van der Waals surface area contributed by atoms with Crippen molar-refractivity contribution in [2.45, 2.75) is 36.4 Å². The Balaban J connectivity index is 1.88. The van der Waals surface area contributed by atoms with Gasteiger partial charge >= 0.3 is 5.97 Å². The molecule has 0 spiro atoms. The second kappa shape index (κ2) is 7.75. The predicted octanol–water partition coefficient (Wildman–Crippen LogP) is 4.11.